The number of nitrogens with one attached hydrogen (secondary N) is 1. The summed E-state index contributed by atoms with van der Waals surface area (Å²) in [6.45, 7) is 6.18. The number of hydrogen-bond acceptors (Lipinski definition) is 7. The van der Waals surface area contributed by atoms with Gasteiger partial charge in [0.2, 0.25) is 5.75 Å². The van der Waals surface area contributed by atoms with Gasteiger partial charge in [-0.2, -0.15) is 11.3 Å². The summed E-state index contributed by atoms with van der Waals surface area (Å²) in [7, 11) is -2.51. The Kier molecular flexibility index (Phi) is 7.02. The average molecular weight is 530 g/mol. The average Bonchev–Trinajstić information content (AvgIpc) is 3.36. The van der Waals surface area contributed by atoms with Gasteiger partial charge in [-0.1, -0.05) is 56.6 Å². The van der Waals surface area contributed by atoms with E-state index in [-0.39, 0.29) is 32.9 Å². The number of sulfonamides is 1. The molecule has 0 unspecified atom stereocenters. The van der Waals surface area contributed by atoms with Crippen molar-refractivity contribution in [3.8, 4) is 28.6 Å². The Hall–Kier alpha value is -3.14. The fourth-order valence-corrected chi connectivity index (χ4v) is 5.08. The molecule has 0 bridgehead atoms. The van der Waals surface area contributed by atoms with Crippen LogP contribution in [0.2, 0.25) is 5.15 Å². The van der Waals surface area contributed by atoms with E-state index in [0.29, 0.717) is 17.1 Å². The second-order valence-corrected chi connectivity index (χ2v) is 11.5. The van der Waals surface area contributed by atoms with Gasteiger partial charge in [0.15, 0.2) is 28.3 Å². The number of thiophene rings is 1. The summed E-state index contributed by atoms with van der Waals surface area (Å²) >= 11 is 7.96. The van der Waals surface area contributed by atoms with Gasteiger partial charge in [-0.25, -0.2) is 18.4 Å². The van der Waals surface area contributed by atoms with Gasteiger partial charge < -0.3 is 9.47 Å². The van der Waals surface area contributed by atoms with Crippen LogP contribution >= 0.6 is 22.9 Å². The van der Waals surface area contributed by atoms with Crippen molar-refractivity contribution < 1.29 is 17.9 Å². The number of methoxy groups -OCH3 is 1. The minimum absolute atomic E-state index is 0.0370. The van der Waals surface area contributed by atoms with Gasteiger partial charge in [-0.15, -0.1) is 0 Å². The number of nitrogens with zero attached hydrogens (tertiary/aromatic N) is 2. The highest BCUT2D eigenvalue weighted by atomic mass is 35.5. The van der Waals surface area contributed by atoms with Crippen LogP contribution < -0.4 is 14.2 Å². The maximum atomic E-state index is 13.3. The summed E-state index contributed by atoms with van der Waals surface area (Å²) in [5, 5.41) is 3.66. The molecule has 182 valence electrons. The normalized spacial score (nSPS) is 11.8. The summed E-state index contributed by atoms with van der Waals surface area (Å²) in [6.07, 6.45) is 0. The minimum Gasteiger partial charge on any atom is -0.493 e. The molecule has 10 heteroatoms. The van der Waals surface area contributed by atoms with Gasteiger partial charge in [0.05, 0.1) is 12.0 Å². The largest absolute Gasteiger partial charge is 0.493 e. The minimum atomic E-state index is -4.02. The Balaban J connectivity index is 1.78. The van der Waals surface area contributed by atoms with Crippen molar-refractivity contribution >= 4 is 38.8 Å². The van der Waals surface area contributed by atoms with Crippen LogP contribution in [0.3, 0.4) is 0 Å². The zero-order valence-electron chi connectivity index (χ0n) is 19.6. The number of ether oxygens (including phenoxy) is 2. The smallest absolute Gasteiger partial charge is 0.263 e. The molecule has 2 aromatic heterocycles. The van der Waals surface area contributed by atoms with E-state index in [9.17, 15) is 8.42 Å². The molecule has 2 aromatic carbocycles. The Morgan fingerprint density at radius 3 is 2.26 bits per heavy atom. The second kappa shape index (κ2) is 9.85. The molecule has 0 atom stereocenters. The van der Waals surface area contributed by atoms with E-state index in [1.54, 1.807) is 48.5 Å². The third-order valence-electron chi connectivity index (χ3n) is 5.15. The summed E-state index contributed by atoms with van der Waals surface area (Å²) in [6, 6.07) is 15.5. The van der Waals surface area contributed by atoms with Crippen LogP contribution in [0.25, 0.3) is 11.4 Å². The Bertz CT molecular complexity index is 1430. The van der Waals surface area contributed by atoms with Gasteiger partial charge in [-0.05, 0) is 46.7 Å². The molecule has 0 amide bonds. The number of rotatable bonds is 7. The first-order chi connectivity index (χ1) is 16.6. The molecular formula is C25H24ClN3O4S2. The first-order valence-electron chi connectivity index (χ1n) is 10.6. The van der Waals surface area contributed by atoms with Crippen LogP contribution in [0.15, 0.2) is 70.3 Å². The fourth-order valence-electron chi connectivity index (χ4n) is 3.24. The first kappa shape index (κ1) is 25.0. The molecule has 0 fully saturated rings. The molecule has 0 aliphatic rings. The van der Waals surface area contributed by atoms with Crippen molar-refractivity contribution in [2.75, 3.05) is 11.8 Å². The zero-order chi connectivity index (χ0) is 25.2. The summed E-state index contributed by atoms with van der Waals surface area (Å²) in [5.74, 6) is 0.919. The van der Waals surface area contributed by atoms with Crippen molar-refractivity contribution in [1.29, 1.82) is 0 Å². The van der Waals surface area contributed by atoms with Crippen molar-refractivity contribution in [3.05, 3.63) is 76.1 Å². The fraction of sp³-hybridized carbons (Fsp3) is 0.200. The third-order valence-corrected chi connectivity index (χ3v) is 7.44. The number of benzene rings is 2. The number of hydrogen-bond donors (Lipinski definition) is 1. The standard InChI is InChI=1S/C25H24ClN3O4S2/c1-25(2,3)17-9-11-18(12-10-17)35(30,31)29-24-21(33-20-8-6-5-7-19(20)32-4)22(26)27-23(28-24)16-13-14-34-15-16/h5-15H,1-4H3,(H,27,28,29). The lowest BCUT2D eigenvalue weighted by Gasteiger charge is -2.19. The highest BCUT2D eigenvalue weighted by molar-refractivity contribution is 7.92. The Labute approximate surface area is 213 Å². The van der Waals surface area contributed by atoms with Crippen LogP contribution in [0.5, 0.6) is 17.2 Å². The predicted molar refractivity (Wildman–Crippen MR) is 139 cm³/mol. The lowest BCUT2D eigenvalue weighted by atomic mass is 9.87. The molecule has 2 heterocycles. The summed E-state index contributed by atoms with van der Waals surface area (Å²) in [4.78, 5) is 8.86. The number of halogens is 1. The van der Waals surface area contributed by atoms with Crippen molar-refractivity contribution in [2.45, 2.75) is 31.1 Å². The molecule has 4 aromatic rings. The number of para-hydroxylation sites is 2. The van der Waals surface area contributed by atoms with E-state index in [0.717, 1.165) is 5.56 Å². The summed E-state index contributed by atoms with van der Waals surface area (Å²) in [5.41, 5.74) is 1.61. The van der Waals surface area contributed by atoms with Crippen LogP contribution in [-0.4, -0.2) is 25.5 Å². The topological polar surface area (TPSA) is 90.4 Å². The lowest BCUT2D eigenvalue weighted by molar-refractivity contribution is 0.378. The van der Waals surface area contributed by atoms with Gasteiger partial charge in [0, 0.05) is 10.9 Å². The second-order valence-electron chi connectivity index (χ2n) is 8.66. The van der Waals surface area contributed by atoms with Crippen LogP contribution in [0.1, 0.15) is 26.3 Å². The molecule has 0 aliphatic heterocycles. The number of aromatic nitrogens is 2. The molecule has 0 spiro atoms. The van der Waals surface area contributed by atoms with E-state index in [1.807, 2.05) is 16.8 Å². The zero-order valence-corrected chi connectivity index (χ0v) is 22.0. The van der Waals surface area contributed by atoms with E-state index in [2.05, 4.69) is 35.5 Å². The molecule has 0 aliphatic carbocycles. The van der Waals surface area contributed by atoms with E-state index in [1.165, 1.54) is 18.4 Å². The van der Waals surface area contributed by atoms with Crippen LogP contribution in [0.4, 0.5) is 5.82 Å². The highest BCUT2D eigenvalue weighted by Gasteiger charge is 2.24. The van der Waals surface area contributed by atoms with Gasteiger partial charge in [0.1, 0.15) is 0 Å². The van der Waals surface area contributed by atoms with Gasteiger partial charge >= 0.3 is 0 Å². The molecule has 0 saturated carbocycles. The lowest BCUT2D eigenvalue weighted by Crippen LogP contribution is -2.16. The molecule has 1 N–H and O–H groups in total. The quantitative estimate of drug-likeness (QED) is 0.266. The molecule has 0 radical (unpaired) electrons. The third kappa shape index (κ3) is 5.58. The monoisotopic (exact) mass is 529 g/mol. The molecule has 35 heavy (non-hydrogen) atoms. The van der Waals surface area contributed by atoms with Gasteiger partial charge in [-0.3, -0.25) is 4.72 Å². The predicted octanol–water partition coefficient (Wildman–Crippen LogP) is 6.76. The van der Waals surface area contributed by atoms with Crippen molar-refractivity contribution in [1.82, 2.24) is 9.97 Å². The molecular weight excluding hydrogens is 506 g/mol. The maximum Gasteiger partial charge on any atom is 0.263 e. The van der Waals surface area contributed by atoms with E-state index < -0.39 is 10.0 Å². The van der Waals surface area contributed by atoms with Crippen LogP contribution in [-0.2, 0) is 15.4 Å². The SMILES string of the molecule is COc1ccccc1Oc1c(Cl)nc(-c2ccsc2)nc1NS(=O)(=O)c1ccc(C(C)(C)C)cc1. The van der Waals surface area contributed by atoms with Crippen LogP contribution in [0, 0.1) is 0 Å². The van der Waals surface area contributed by atoms with E-state index in [4.69, 9.17) is 21.1 Å². The highest BCUT2D eigenvalue weighted by Crippen LogP contribution is 2.40. The molecule has 0 saturated heterocycles. The summed E-state index contributed by atoms with van der Waals surface area (Å²) < 4.78 is 40.5. The number of anilines is 1. The van der Waals surface area contributed by atoms with Crippen molar-refractivity contribution in [3.63, 3.8) is 0 Å². The first-order valence-corrected chi connectivity index (χ1v) is 13.4. The molecule has 4 rings (SSSR count). The van der Waals surface area contributed by atoms with Crippen molar-refractivity contribution in [2.24, 2.45) is 0 Å². The maximum absolute atomic E-state index is 13.3. The van der Waals surface area contributed by atoms with Gasteiger partial charge in [0.25, 0.3) is 10.0 Å². The van der Waals surface area contributed by atoms with E-state index >= 15 is 0 Å². The molecule has 7 nitrogen and oxygen atoms in total. The Morgan fingerprint density at radius 2 is 1.66 bits per heavy atom. The Morgan fingerprint density at radius 1 is 0.971 bits per heavy atom.